The number of benzene rings is 2. The number of fused-ring (bicyclic) bond motifs is 2. The lowest BCUT2D eigenvalue weighted by molar-refractivity contribution is -0.138. The van der Waals surface area contributed by atoms with E-state index in [-0.39, 0.29) is 11.7 Å². The molecule has 2 aromatic carbocycles. The van der Waals surface area contributed by atoms with Gasteiger partial charge in [0.05, 0.1) is 12.4 Å². The molecule has 6 rings (SSSR count). The molecule has 242 valence electrons. The Labute approximate surface area is 273 Å². The number of hydrogen-bond donors (Lipinski definition) is 6. The number of aliphatic hydroxyl groups excluding tert-OH is 2. The fourth-order valence-corrected chi connectivity index (χ4v) is 6.60. The third-order valence-electron chi connectivity index (χ3n) is 7.85. The van der Waals surface area contributed by atoms with E-state index < -0.39 is 36.6 Å². The number of anilines is 1. The van der Waals surface area contributed by atoms with Crippen molar-refractivity contribution in [3.8, 4) is 5.75 Å². The van der Waals surface area contributed by atoms with Crippen LogP contribution in [0.25, 0.3) is 22.1 Å². The number of aliphatic carboxylic acids is 1. The summed E-state index contributed by atoms with van der Waals surface area (Å²) >= 11 is 7.69. The van der Waals surface area contributed by atoms with E-state index >= 15 is 0 Å². The van der Waals surface area contributed by atoms with Gasteiger partial charge in [-0.2, -0.15) is 21.7 Å². The van der Waals surface area contributed by atoms with Gasteiger partial charge in [0.15, 0.2) is 23.2 Å². The van der Waals surface area contributed by atoms with Gasteiger partial charge in [-0.1, -0.05) is 30.3 Å². The first-order valence-electron chi connectivity index (χ1n) is 14.8. The number of rotatable bonds is 14. The average Bonchev–Trinajstić information content (AvgIpc) is 3.74. The summed E-state index contributed by atoms with van der Waals surface area (Å²) in [7, 11) is 0. The van der Waals surface area contributed by atoms with Gasteiger partial charge in [-0.15, -0.1) is 0 Å². The first kappa shape index (κ1) is 32.0. The summed E-state index contributed by atoms with van der Waals surface area (Å²) in [5.74, 6) is 0.950. The summed E-state index contributed by atoms with van der Waals surface area (Å²) in [5.41, 5.74) is 9.53. The zero-order valence-corrected chi connectivity index (χ0v) is 26.2. The molecule has 0 saturated carbocycles. The van der Waals surface area contributed by atoms with Crippen LogP contribution in [0.2, 0.25) is 5.28 Å². The predicted octanol–water partition coefficient (Wildman–Crippen LogP) is 3.35. The van der Waals surface area contributed by atoms with Crippen LogP contribution < -0.4 is 15.8 Å². The first-order valence-corrected chi connectivity index (χ1v) is 16.3. The van der Waals surface area contributed by atoms with Crippen molar-refractivity contribution in [2.45, 2.75) is 50.0 Å². The lowest BCUT2D eigenvalue weighted by atomic mass is 10.1. The van der Waals surface area contributed by atoms with Gasteiger partial charge in [0.25, 0.3) is 0 Å². The van der Waals surface area contributed by atoms with Crippen molar-refractivity contribution in [1.82, 2.24) is 24.5 Å². The molecule has 7 N–H and O–H groups in total. The zero-order valence-electron chi connectivity index (χ0n) is 24.6. The van der Waals surface area contributed by atoms with Crippen LogP contribution in [0.5, 0.6) is 5.75 Å². The van der Waals surface area contributed by atoms with Gasteiger partial charge in [-0.3, -0.25) is 9.36 Å². The molecule has 4 heterocycles. The second kappa shape index (κ2) is 14.2. The van der Waals surface area contributed by atoms with E-state index in [9.17, 15) is 15.0 Å². The van der Waals surface area contributed by atoms with Gasteiger partial charge in [0, 0.05) is 29.4 Å². The molecule has 3 aromatic heterocycles. The minimum atomic E-state index is -1.25. The molecular weight excluding hydrogens is 634 g/mol. The Hall–Kier alpha value is -3.92. The van der Waals surface area contributed by atoms with Crippen LogP contribution >= 0.6 is 23.4 Å². The van der Waals surface area contributed by atoms with Gasteiger partial charge < -0.3 is 40.8 Å². The number of nitrogens with zero attached hydrogens (tertiary/aromatic N) is 4. The van der Waals surface area contributed by atoms with Crippen molar-refractivity contribution < 1.29 is 29.6 Å². The molecule has 46 heavy (non-hydrogen) atoms. The minimum Gasteiger partial charge on any atom is -0.489 e. The number of ether oxygens (including phenoxy) is 2. The maximum Gasteiger partial charge on any atom is 0.320 e. The number of aliphatic hydroxyl groups is 2. The fourth-order valence-electron chi connectivity index (χ4n) is 5.34. The second-order valence-corrected chi connectivity index (χ2v) is 12.5. The Morgan fingerprint density at radius 2 is 2.02 bits per heavy atom. The van der Waals surface area contributed by atoms with E-state index in [0.29, 0.717) is 48.1 Å². The molecule has 1 unspecified atom stereocenters. The number of nitrogens with two attached hydrogens (primary N) is 1. The number of aromatic amines is 1. The molecule has 15 heteroatoms. The molecule has 1 aliphatic heterocycles. The molecule has 0 spiro atoms. The molecule has 5 atom stereocenters. The van der Waals surface area contributed by atoms with Crippen LogP contribution in [-0.4, -0.2) is 88.2 Å². The molecular formula is C31H34ClN7O6S. The van der Waals surface area contributed by atoms with Crippen molar-refractivity contribution in [3.63, 3.8) is 0 Å². The third kappa shape index (κ3) is 7.07. The Morgan fingerprint density at radius 3 is 2.83 bits per heavy atom. The van der Waals surface area contributed by atoms with Gasteiger partial charge >= 0.3 is 5.97 Å². The highest BCUT2D eigenvalue weighted by molar-refractivity contribution is 7.99. The van der Waals surface area contributed by atoms with Crippen molar-refractivity contribution >= 4 is 57.2 Å². The number of imidazole rings is 1. The highest BCUT2D eigenvalue weighted by Gasteiger charge is 2.44. The first-order chi connectivity index (χ1) is 22.3. The Balaban J connectivity index is 1.10. The number of carboxylic acids is 1. The van der Waals surface area contributed by atoms with Crippen molar-refractivity contribution in [2.75, 3.05) is 23.4 Å². The number of carbonyl (C=O) groups is 1. The number of carboxylic acid groups (broad SMARTS) is 1. The van der Waals surface area contributed by atoms with Gasteiger partial charge in [0.1, 0.15) is 30.6 Å². The van der Waals surface area contributed by atoms with E-state index in [1.807, 2.05) is 54.7 Å². The Bertz CT molecular complexity index is 1800. The molecule has 13 nitrogen and oxygen atoms in total. The molecule has 5 aromatic rings. The smallest absolute Gasteiger partial charge is 0.320 e. The Morgan fingerprint density at radius 1 is 1.20 bits per heavy atom. The van der Waals surface area contributed by atoms with Gasteiger partial charge in [-0.05, 0) is 59.5 Å². The predicted molar refractivity (Wildman–Crippen MR) is 175 cm³/mol. The average molecular weight is 668 g/mol. The van der Waals surface area contributed by atoms with Gasteiger partial charge in [0.2, 0.25) is 5.28 Å². The molecule has 0 amide bonds. The second-order valence-electron chi connectivity index (χ2n) is 11.0. The quantitative estimate of drug-likeness (QED) is 0.0748. The molecule has 0 bridgehead atoms. The van der Waals surface area contributed by atoms with E-state index in [0.717, 1.165) is 27.8 Å². The molecule has 1 saturated heterocycles. The van der Waals surface area contributed by atoms with Crippen molar-refractivity contribution in [2.24, 2.45) is 5.73 Å². The molecule has 1 aliphatic rings. The molecule has 1 fully saturated rings. The third-order valence-corrected chi connectivity index (χ3v) is 9.11. The standard InChI is InChI=1S/C31H34ClN7O6S/c32-31-37-27(34-10-8-18-13-35-22-7-6-19(12-20(18)22)44-14-17-4-2-1-3-5-17)24-28(38-31)39(16-36-24)29-26(41)25(40)23(45-29)15-46-11-9-21(33)30(42)43/h1-7,12-13,16,21,23,25-26,29,35,40-41H,8-11,14-15,33H2,(H,42,43)(H,34,37,38)/t21?,23-,25+,26-,29-/m1/s1. The van der Waals surface area contributed by atoms with E-state index in [4.69, 9.17) is 31.9 Å². The van der Waals surface area contributed by atoms with Crippen LogP contribution in [0.3, 0.4) is 0 Å². The summed E-state index contributed by atoms with van der Waals surface area (Å²) < 4.78 is 13.6. The topological polar surface area (TPSA) is 194 Å². The van der Waals surface area contributed by atoms with Crippen LogP contribution in [0.4, 0.5) is 5.82 Å². The maximum absolute atomic E-state index is 10.9. The van der Waals surface area contributed by atoms with Crippen LogP contribution in [0.1, 0.15) is 23.8 Å². The van der Waals surface area contributed by atoms with Crippen molar-refractivity contribution in [3.05, 3.63) is 77.5 Å². The number of nitrogens with one attached hydrogen (secondary N) is 2. The fraction of sp³-hybridized carbons (Fsp3) is 0.355. The lowest BCUT2D eigenvalue weighted by Crippen LogP contribution is -2.33. The molecule has 0 radical (unpaired) electrons. The van der Waals surface area contributed by atoms with E-state index in [1.54, 1.807) is 0 Å². The zero-order chi connectivity index (χ0) is 32.2. The van der Waals surface area contributed by atoms with Crippen LogP contribution in [-0.2, 0) is 22.6 Å². The summed E-state index contributed by atoms with van der Waals surface area (Å²) in [6, 6.07) is 15.0. The number of hydrogen-bond acceptors (Lipinski definition) is 11. The number of halogens is 1. The summed E-state index contributed by atoms with van der Waals surface area (Å²) in [6.07, 6.45) is 0.310. The van der Waals surface area contributed by atoms with Crippen LogP contribution in [0.15, 0.2) is 61.1 Å². The van der Waals surface area contributed by atoms with Crippen LogP contribution in [0, 0.1) is 0 Å². The highest BCUT2D eigenvalue weighted by atomic mass is 35.5. The largest absolute Gasteiger partial charge is 0.489 e. The number of aromatic nitrogens is 5. The van der Waals surface area contributed by atoms with E-state index in [2.05, 4.69) is 25.3 Å². The summed E-state index contributed by atoms with van der Waals surface area (Å²) in [4.78, 5) is 27.4. The SMILES string of the molecule is NC(CCSC[C@H]1O[C@@H](n2cnc3c(NCCc4c[nH]c5ccc(OCc6ccccc6)cc45)nc(Cl)nc32)[C@H](O)[C@H]1O)C(=O)O. The van der Waals surface area contributed by atoms with Gasteiger partial charge in [-0.25, -0.2) is 4.98 Å². The lowest BCUT2D eigenvalue weighted by Gasteiger charge is -2.17. The van der Waals surface area contributed by atoms with Crippen molar-refractivity contribution in [1.29, 1.82) is 0 Å². The maximum atomic E-state index is 10.9. The number of thioether (sulfide) groups is 1. The number of H-pyrrole nitrogens is 1. The highest BCUT2D eigenvalue weighted by Crippen LogP contribution is 2.34. The minimum absolute atomic E-state index is 0.0149. The summed E-state index contributed by atoms with van der Waals surface area (Å²) in [5, 5.41) is 34.8. The monoisotopic (exact) mass is 667 g/mol. The van der Waals surface area contributed by atoms with E-state index in [1.165, 1.54) is 22.7 Å². The normalized spacial score (nSPS) is 20.3. The molecule has 0 aliphatic carbocycles. The Kier molecular flexibility index (Phi) is 9.92. The summed E-state index contributed by atoms with van der Waals surface area (Å²) in [6.45, 7) is 1.000.